The van der Waals surface area contributed by atoms with E-state index in [1.807, 2.05) is 0 Å². The van der Waals surface area contributed by atoms with Crippen molar-refractivity contribution >= 4 is 27.6 Å². The van der Waals surface area contributed by atoms with Crippen LogP contribution in [-0.4, -0.2) is 11.1 Å². The van der Waals surface area contributed by atoms with Crippen molar-refractivity contribution < 1.29 is 18.7 Å². The Labute approximate surface area is 114 Å². The van der Waals surface area contributed by atoms with Crippen molar-refractivity contribution in [2.45, 2.75) is 0 Å². The average Bonchev–Trinajstić information content (AvgIpc) is 2.38. The molecule has 1 aromatic carbocycles. The summed E-state index contributed by atoms with van der Waals surface area (Å²) in [6, 6.07) is 3.54. The molecule has 0 aliphatic heterocycles. The highest BCUT2D eigenvalue weighted by molar-refractivity contribution is 9.10. The summed E-state index contributed by atoms with van der Waals surface area (Å²) in [7, 11) is 0. The summed E-state index contributed by atoms with van der Waals surface area (Å²) in [5.41, 5.74) is -1.19. The number of carboxylic acids is 1. The van der Waals surface area contributed by atoms with Crippen molar-refractivity contribution in [1.82, 2.24) is 0 Å². The Morgan fingerprint density at radius 1 is 1.42 bits per heavy atom. The van der Waals surface area contributed by atoms with Crippen LogP contribution in [0.25, 0.3) is 0 Å². The molecule has 0 bridgehead atoms. The van der Waals surface area contributed by atoms with Crippen molar-refractivity contribution in [3.63, 3.8) is 0 Å². The standard InChI is InChI=1S/C11H4BrF2N3O2/c12-8-9(14)7(13)1-6(11(18)19)10(8)17-4-5(2-15)3-16/h1,4,17H,(H,18,19). The van der Waals surface area contributed by atoms with Crippen LogP contribution in [0.4, 0.5) is 14.5 Å². The molecule has 1 rings (SSSR count). The fraction of sp³-hybridized carbons (Fsp3) is 0. The quantitative estimate of drug-likeness (QED) is 0.657. The van der Waals surface area contributed by atoms with Gasteiger partial charge in [0.1, 0.15) is 17.7 Å². The van der Waals surface area contributed by atoms with Gasteiger partial charge in [-0.2, -0.15) is 10.5 Å². The van der Waals surface area contributed by atoms with Crippen LogP contribution in [0.5, 0.6) is 0 Å². The van der Waals surface area contributed by atoms with E-state index in [1.165, 1.54) is 12.1 Å². The molecular formula is C11H4BrF2N3O2. The number of anilines is 1. The number of halogens is 3. The van der Waals surface area contributed by atoms with Crippen LogP contribution < -0.4 is 5.32 Å². The lowest BCUT2D eigenvalue weighted by Gasteiger charge is -2.09. The Kier molecular flexibility index (Phi) is 4.56. The van der Waals surface area contributed by atoms with Gasteiger partial charge in [0, 0.05) is 6.20 Å². The molecule has 0 radical (unpaired) electrons. The van der Waals surface area contributed by atoms with E-state index in [4.69, 9.17) is 15.6 Å². The zero-order valence-electron chi connectivity index (χ0n) is 9.04. The van der Waals surface area contributed by atoms with E-state index < -0.39 is 27.6 Å². The summed E-state index contributed by atoms with van der Waals surface area (Å²) in [5.74, 6) is -4.11. The number of nitriles is 2. The topological polar surface area (TPSA) is 96.9 Å². The first-order valence-electron chi connectivity index (χ1n) is 4.60. The maximum absolute atomic E-state index is 13.3. The first kappa shape index (κ1) is 14.6. The second kappa shape index (κ2) is 5.94. The molecule has 19 heavy (non-hydrogen) atoms. The van der Waals surface area contributed by atoms with E-state index in [0.29, 0.717) is 6.07 Å². The molecule has 0 aliphatic carbocycles. The van der Waals surface area contributed by atoms with Crippen molar-refractivity contribution in [2.24, 2.45) is 0 Å². The van der Waals surface area contributed by atoms with Gasteiger partial charge < -0.3 is 10.4 Å². The first-order chi connectivity index (χ1) is 8.92. The zero-order valence-corrected chi connectivity index (χ0v) is 10.6. The number of benzene rings is 1. The van der Waals surface area contributed by atoms with Crippen LogP contribution in [0.2, 0.25) is 0 Å². The Morgan fingerprint density at radius 2 is 2.00 bits per heavy atom. The third-order valence-electron chi connectivity index (χ3n) is 1.99. The van der Waals surface area contributed by atoms with Gasteiger partial charge in [0.2, 0.25) is 0 Å². The molecule has 0 spiro atoms. The molecule has 0 atom stereocenters. The normalized spacial score (nSPS) is 9.11. The minimum absolute atomic E-state index is 0.297. The largest absolute Gasteiger partial charge is 0.478 e. The Morgan fingerprint density at radius 3 is 2.47 bits per heavy atom. The minimum Gasteiger partial charge on any atom is -0.478 e. The highest BCUT2D eigenvalue weighted by Crippen LogP contribution is 2.31. The lowest BCUT2D eigenvalue weighted by Crippen LogP contribution is -2.06. The molecule has 0 saturated heterocycles. The molecule has 0 heterocycles. The first-order valence-corrected chi connectivity index (χ1v) is 5.39. The molecule has 5 nitrogen and oxygen atoms in total. The summed E-state index contributed by atoms with van der Waals surface area (Å²) >= 11 is 2.71. The van der Waals surface area contributed by atoms with E-state index in [-0.39, 0.29) is 11.3 Å². The number of aromatic carboxylic acids is 1. The number of carbonyl (C=O) groups is 1. The molecular weight excluding hydrogens is 324 g/mol. The summed E-state index contributed by atoms with van der Waals surface area (Å²) in [5, 5.41) is 28.2. The van der Waals surface area contributed by atoms with Crippen LogP contribution in [0.3, 0.4) is 0 Å². The van der Waals surface area contributed by atoms with Crippen molar-refractivity contribution in [3.8, 4) is 12.1 Å². The van der Waals surface area contributed by atoms with Gasteiger partial charge in [-0.25, -0.2) is 13.6 Å². The van der Waals surface area contributed by atoms with Crippen molar-refractivity contribution in [1.29, 1.82) is 10.5 Å². The van der Waals surface area contributed by atoms with Gasteiger partial charge in [-0.3, -0.25) is 0 Å². The number of hydrogen-bond acceptors (Lipinski definition) is 4. The predicted molar refractivity (Wildman–Crippen MR) is 63.9 cm³/mol. The number of nitrogens with zero attached hydrogens (tertiary/aromatic N) is 2. The second-order valence-corrected chi connectivity index (χ2v) is 3.93. The maximum Gasteiger partial charge on any atom is 0.337 e. The minimum atomic E-state index is -1.49. The van der Waals surface area contributed by atoms with E-state index in [1.54, 1.807) is 0 Å². The molecule has 0 fully saturated rings. The van der Waals surface area contributed by atoms with Crippen LogP contribution >= 0.6 is 15.9 Å². The van der Waals surface area contributed by atoms with Gasteiger partial charge in [0.15, 0.2) is 11.6 Å². The molecule has 0 saturated carbocycles. The number of nitrogens with one attached hydrogen (secondary N) is 1. The fourth-order valence-corrected chi connectivity index (χ4v) is 1.66. The Bertz CT molecular complexity index is 643. The van der Waals surface area contributed by atoms with Gasteiger partial charge >= 0.3 is 5.97 Å². The van der Waals surface area contributed by atoms with Crippen LogP contribution in [-0.2, 0) is 0 Å². The molecule has 96 valence electrons. The summed E-state index contributed by atoms with van der Waals surface area (Å²) in [6.45, 7) is 0. The fourth-order valence-electron chi connectivity index (χ4n) is 1.14. The molecule has 0 amide bonds. The number of rotatable bonds is 3. The zero-order chi connectivity index (χ0) is 14.6. The number of hydrogen-bond donors (Lipinski definition) is 2. The van der Waals surface area contributed by atoms with Gasteiger partial charge in [0.25, 0.3) is 0 Å². The van der Waals surface area contributed by atoms with E-state index in [2.05, 4.69) is 21.2 Å². The van der Waals surface area contributed by atoms with Crippen molar-refractivity contribution in [2.75, 3.05) is 5.32 Å². The third-order valence-corrected chi connectivity index (χ3v) is 2.74. The van der Waals surface area contributed by atoms with Crippen LogP contribution in [0.15, 0.2) is 22.3 Å². The SMILES string of the molecule is N#CC(C#N)=CNc1c(C(=O)O)cc(F)c(F)c1Br. The van der Waals surface area contributed by atoms with E-state index >= 15 is 0 Å². The Balaban J connectivity index is 3.39. The van der Waals surface area contributed by atoms with Gasteiger partial charge in [-0.1, -0.05) is 0 Å². The highest BCUT2D eigenvalue weighted by atomic mass is 79.9. The van der Waals surface area contributed by atoms with Gasteiger partial charge in [0.05, 0.1) is 15.7 Å². The lowest BCUT2D eigenvalue weighted by molar-refractivity contribution is 0.0697. The second-order valence-electron chi connectivity index (χ2n) is 3.14. The number of allylic oxidation sites excluding steroid dienone is 1. The van der Waals surface area contributed by atoms with E-state index in [9.17, 15) is 13.6 Å². The lowest BCUT2D eigenvalue weighted by atomic mass is 10.1. The van der Waals surface area contributed by atoms with Gasteiger partial charge in [-0.05, 0) is 22.0 Å². The van der Waals surface area contributed by atoms with Crippen molar-refractivity contribution in [3.05, 3.63) is 39.5 Å². The molecule has 0 aliphatic rings. The van der Waals surface area contributed by atoms with Gasteiger partial charge in [-0.15, -0.1) is 0 Å². The summed E-state index contributed by atoms with van der Waals surface area (Å²) in [6.07, 6.45) is 0.893. The van der Waals surface area contributed by atoms with Crippen LogP contribution in [0, 0.1) is 34.3 Å². The Hall–Kier alpha value is -2.45. The molecule has 0 aromatic heterocycles. The molecule has 1 aromatic rings. The van der Waals surface area contributed by atoms with E-state index in [0.717, 1.165) is 6.20 Å². The molecule has 0 unspecified atom stereocenters. The average molecular weight is 328 g/mol. The number of carboxylic acid groups (broad SMARTS) is 1. The summed E-state index contributed by atoms with van der Waals surface area (Å²) < 4.78 is 26.0. The molecule has 8 heteroatoms. The molecule has 2 N–H and O–H groups in total. The maximum atomic E-state index is 13.3. The monoisotopic (exact) mass is 327 g/mol. The predicted octanol–water partition coefficient (Wildman–Crippen LogP) is 2.77. The van der Waals surface area contributed by atoms with Crippen LogP contribution in [0.1, 0.15) is 10.4 Å². The third kappa shape index (κ3) is 3.06. The summed E-state index contributed by atoms with van der Waals surface area (Å²) in [4.78, 5) is 10.9. The highest BCUT2D eigenvalue weighted by Gasteiger charge is 2.20. The smallest absolute Gasteiger partial charge is 0.337 e.